The second-order valence-electron chi connectivity index (χ2n) is 8.19. The zero-order valence-corrected chi connectivity index (χ0v) is 18.8. The predicted octanol–water partition coefficient (Wildman–Crippen LogP) is 3.53. The molecule has 9 heteroatoms. The van der Waals surface area contributed by atoms with Gasteiger partial charge in [0.25, 0.3) is 11.8 Å². The average molecular weight is 465 g/mol. The highest BCUT2D eigenvalue weighted by molar-refractivity contribution is 7.13. The number of aromatic nitrogens is 1. The van der Waals surface area contributed by atoms with E-state index < -0.39 is 17.9 Å². The Morgan fingerprint density at radius 3 is 2.70 bits per heavy atom. The lowest BCUT2D eigenvalue weighted by atomic mass is 10.0. The van der Waals surface area contributed by atoms with Crippen LogP contribution < -0.4 is 10.6 Å². The number of hydrogen-bond donors (Lipinski definition) is 2. The molecule has 3 amide bonds. The first kappa shape index (κ1) is 21.3. The number of nitrogens with zero attached hydrogens (tertiary/aromatic N) is 2. The van der Waals surface area contributed by atoms with Crippen molar-refractivity contribution in [2.45, 2.75) is 32.4 Å². The molecular weight excluding hydrogens is 443 g/mol. The van der Waals surface area contributed by atoms with Gasteiger partial charge in [0.15, 0.2) is 0 Å². The summed E-state index contributed by atoms with van der Waals surface area (Å²) < 4.78 is 14.3. The van der Waals surface area contributed by atoms with Crippen LogP contribution in [0.1, 0.15) is 37.2 Å². The number of rotatable bonds is 3. The van der Waals surface area contributed by atoms with Gasteiger partial charge >= 0.3 is 0 Å². The van der Waals surface area contributed by atoms with Crippen LogP contribution in [0.15, 0.2) is 42.5 Å². The third-order valence-electron chi connectivity index (χ3n) is 6.05. The van der Waals surface area contributed by atoms with E-state index in [9.17, 15) is 18.8 Å². The van der Waals surface area contributed by atoms with Crippen LogP contribution in [0.3, 0.4) is 0 Å². The van der Waals surface area contributed by atoms with E-state index in [1.54, 1.807) is 43.3 Å². The van der Waals surface area contributed by atoms with Crippen LogP contribution in [-0.2, 0) is 4.79 Å². The largest absolute Gasteiger partial charge is 0.346 e. The Morgan fingerprint density at radius 2 is 1.97 bits per heavy atom. The summed E-state index contributed by atoms with van der Waals surface area (Å²) in [5, 5.41) is 6.53. The van der Waals surface area contributed by atoms with E-state index in [4.69, 9.17) is 0 Å². The molecule has 2 aromatic carbocycles. The Balaban J connectivity index is 1.44. The van der Waals surface area contributed by atoms with E-state index in [1.165, 1.54) is 22.3 Å². The van der Waals surface area contributed by atoms with E-state index in [2.05, 4.69) is 15.6 Å². The monoisotopic (exact) mass is 464 g/mol. The van der Waals surface area contributed by atoms with Crippen molar-refractivity contribution in [2.24, 2.45) is 0 Å². The van der Waals surface area contributed by atoms with Crippen molar-refractivity contribution in [3.05, 3.63) is 69.4 Å². The molecule has 2 atom stereocenters. The number of carbonyl (C=O) groups excluding carboxylic acids is 3. The standard InChI is InChI=1S/C24H21FN4O3S/c1-12-21(33-13(2)26-12)23(31)28-19-9-10-29-20(19)22(30)27-18-8-7-14(11-16(18)24(29)32)15-5-3-4-6-17(15)25/h3-8,11,19-20H,9-10H2,1-2H3,(H,27,30)(H,28,31)/t19-,20+/m1/s1. The van der Waals surface area contributed by atoms with Gasteiger partial charge in [-0.3, -0.25) is 14.4 Å². The fourth-order valence-electron chi connectivity index (χ4n) is 4.53. The Hall–Kier alpha value is -3.59. The molecule has 2 aliphatic rings. The minimum Gasteiger partial charge on any atom is -0.346 e. The molecule has 0 bridgehead atoms. The lowest BCUT2D eigenvalue weighted by Gasteiger charge is -2.24. The number of halogens is 1. The van der Waals surface area contributed by atoms with Crippen molar-refractivity contribution in [3.8, 4) is 11.1 Å². The lowest BCUT2D eigenvalue weighted by Crippen LogP contribution is -2.51. The predicted molar refractivity (Wildman–Crippen MR) is 123 cm³/mol. The molecule has 0 aliphatic carbocycles. The van der Waals surface area contributed by atoms with Gasteiger partial charge in [-0.1, -0.05) is 24.3 Å². The molecule has 1 aromatic heterocycles. The lowest BCUT2D eigenvalue weighted by molar-refractivity contribution is -0.120. The van der Waals surface area contributed by atoms with Crippen LogP contribution in [0.25, 0.3) is 11.1 Å². The van der Waals surface area contributed by atoms with Crippen LogP contribution in [0.4, 0.5) is 10.1 Å². The Bertz CT molecular complexity index is 1300. The second-order valence-corrected chi connectivity index (χ2v) is 9.39. The van der Waals surface area contributed by atoms with Crippen molar-refractivity contribution in [3.63, 3.8) is 0 Å². The normalized spacial score (nSPS) is 19.5. The molecular formula is C24H21FN4O3S. The molecule has 7 nitrogen and oxygen atoms in total. The summed E-state index contributed by atoms with van der Waals surface area (Å²) in [4.78, 5) is 45.6. The van der Waals surface area contributed by atoms with Crippen LogP contribution in [0.2, 0.25) is 0 Å². The van der Waals surface area contributed by atoms with E-state index in [-0.39, 0.29) is 17.7 Å². The maximum atomic E-state index is 14.3. The van der Waals surface area contributed by atoms with Gasteiger partial charge in [0.2, 0.25) is 5.91 Å². The third-order valence-corrected chi connectivity index (χ3v) is 7.12. The van der Waals surface area contributed by atoms with Gasteiger partial charge in [0.1, 0.15) is 16.7 Å². The molecule has 0 unspecified atom stereocenters. The molecule has 0 spiro atoms. The molecule has 1 fully saturated rings. The molecule has 0 radical (unpaired) electrons. The molecule has 3 aromatic rings. The molecule has 168 valence electrons. The van der Waals surface area contributed by atoms with E-state index >= 15 is 0 Å². The van der Waals surface area contributed by atoms with E-state index in [0.29, 0.717) is 45.9 Å². The number of carbonyl (C=O) groups is 3. The van der Waals surface area contributed by atoms with Crippen LogP contribution in [-0.4, -0.2) is 46.2 Å². The van der Waals surface area contributed by atoms with Crippen molar-refractivity contribution >= 4 is 34.7 Å². The quantitative estimate of drug-likeness (QED) is 0.620. The fraction of sp³-hybridized carbons (Fsp3) is 0.250. The first-order valence-corrected chi connectivity index (χ1v) is 11.4. The minimum atomic E-state index is -0.833. The van der Waals surface area contributed by atoms with Crippen molar-refractivity contribution in [2.75, 3.05) is 11.9 Å². The molecule has 0 saturated carbocycles. The van der Waals surface area contributed by atoms with Gasteiger partial charge in [-0.15, -0.1) is 11.3 Å². The summed E-state index contributed by atoms with van der Waals surface area (Å²) >= 11 is 1.30. The summed E-state index contributed by atoms with van der Waals surface area (Å²) in [5.74, 6) is -1.37. The van der Waals surface area contributed by atoms with Gasteiger partial charge in [0, 0.05) is 12.1 Å². The number of amides is 3. The molecule has 2 N–H and O–H groups in total. The zero-order chi connectivity index (χ0) is 23.3. The molecule has 1 saturated heterocycles. The zero-order valence-electron chi connectivity index (χ0n) is 18.0. The highest BCUT2D eigenvalue weighted by Crippen LogP contribution is 2.33. The van der Waals surface area contributed by atoms with Gasteiger partial charge < -0.3 is 15.5 Å². The second kappa shape index (κ2) is 8.08. The van der Waals surface area contributed by atoms with Gasteiger partial charge in [-0.05, 0) is 44.0 Å². The number of aryl methyl sites for hydroxylation is 2. The summed E-state index contributed by atoms with van der Waals surface area (Å²) in [6.07, 6.45) is 0.453. The van der Waals surface area contributed by atoms with Crippen molar-refractivity contribution in [1.29, 1.82) is 0 Å². The Labute approximate surface area is 193 Å². The summed E-state index contributed by atoms with van der Waals surface area (Å²) in [7, 11) is 0. The van der Waals surface area contributed by atoms with Gasteiger partial charge in [-0.25, -0.2) is 9.37 Å². The summed E-state index contributed by atoms with van der Waals surface area (Å²) in [6, 6.07) is 9.87. The van der Waals surface area contributed by atoms with Gasteiger partial charge in [-0.2, -0.15) is 0 Å². The van der Waals surface area contributed by atoms with E-state index in [1.807, 2.05) is 6.92 Å². The van der Waals surface area contributed by atoms with Crippen LogP contribution in [0.5, 0.6) is 0 Å². The maximum absolute atomic E-state index is 14.3. The Morgan fingerprint density at radius 1 is 1.18 bits per heavy atom. The van der Waals surface area contributed by atoms with Crippen LogP contribution in [0, 0.1) is 19.7 Å². The van der Waals surface area contributed by atoms with Crippen molar-refractivity contribution < 1.29 is 18.8 Å². The number of thiazole rings is 1. The smallest absolute Gasteiger partial charge is 0.263 e. The average Bonchev–Trinajstić information content (AvgIpc) is 3.33. The van der Waals surface area contributed by atoms with E-state index in [0.717, 1.165) is 5.01 Å². The number of nitrogens with one attached hydrogen (secondary N) is 2. The number of benzene rings is 2. The summed E-state index contributed by atoms with van der Waals surface area (Å²) in [6.45, 7) is 3.92. The first-order chi connectivity index (χ1) is 15.8. The highest BCUT2D eigenvalue weighted by atomic mass is 32.1. The topological polar surface area (TPSA) is 91.4 Å². The SMILES string of the molecule is Cc1nc(C)c(C(=O)N[C@@H]2CCN3C(=O)c4cc(-c5ccccc5F)ccc4NC(=O)[C@H]23)s1. The molecule has 2 aliphatic heterocycles. The minimum absolute atomic E-state index is 0.297. The summed E-state index contributed by atoms with van der Waals surface area (Å²) in [5.41, 5.74) is 2.24. The van der Waals surface area contributed by atoms with Crippen LogP contribution >= 0.6 is 11.3 Å². The van der Waals surface area contributed by atoms with Gasteiger partial charge in [0.05, 0.1) is 28.0 Å². The maximum Gasteiger partial charge on any atom is 0.263 e. The first-order valence-electron chi connectivity index (χ1n) is 10.6. The fourth-order valence-corrected chi connectivity index (χ4v) is 5.35. The number of hydrogen-bond acceptors (Lipinski definition) is 5. The molecule has 33 heavy (non-hydrogen) atoms. The molecule has 5 rings (SSSR count). The highest BCUT2D eigenvalue weighted by Gasteiger charge is 2.45. The number of anilines is 1. The number of fused-ring (bicyclic) bond motifs is 2. The Kier molecular flexibility index (Phi) is 5.20. The molecule has 3 heterocycles. The third kappa shape index (κ3) is 3.68. The van der Waals surface area contributed by atoms with Crippen molar-refractivity contribution in [1.82, 2.24) is 15.2 Å².